The van der Waals surface area contributed by atoms with Crippen molar-refractivity contribution in [2.24, 2.45) is 5.41 Å². The summed E-state index contributed by atoms with van der Waals surface area (Å²) in [4.78, 5) is 0. The first-order valence-electron chi connectivity index (χ1n) is 6.02. The lowest BCUT2D eigenvalue weighted by molar-refractivity contribution is 0.146. The Morgan fingerprint density at radius 3 is 2.56 bits per heavy atom. The lowest BCUT2D eigenvalue weighted by Crippen LogP contribution is -2.44. The largest absolute Gasteiger partial charge is 0.489 e. The summed E-state index contributed by atoms with van der Waals surface area (Å²) in [7, 11) is 2.03. The summed E-state index contributed by atoms with van der Waals surface area (Å²) in [6.07, 6.45) is 2.64. The van der Waals surface area contributed by atoms with Gasteiger partial charge >= 0.3 is 0 Å². The van der Waals surface area contributed by atoms with Crippen LogP contribution in [0.2, 0.25) is 0 Å². The number of hydrogen-bond donors (Lipinski definition) is 1. The lowest BCUT2D eigenvalue weighted by atomic mass is 9.87. The maximum Gasteiger partial charge on any atom is 0.119 e. The van der Waals surface area contributed by atoms with E-state index in [1.54, 1.807) is 0 Å². The zero-order valence-corrected chi connectivity index (χ0v) is 10.4. The highest BCUT2D eigenvalue weighted by Gasteiger charge is 2.42. The van der Waals surface area contributed by atoms with E-state index in [1.807, 2.05) is 37.4 Å². The highest BCUT2D eigenvalue weighted by Crippen LogP contribution is 2.39. The van der Waals surface area contributed by atoms with Gasteiger partial charge in [-0.1, -0.05) is 32.0 Å². The second-order valence-electron chi connectivity index (χ2n) is 5.26. The molecule has 1 aromatic carbocycles. The number of hydrogen-bond acceptors (Lipinski definition) is 2. The van der Waals surface area contributed by atoms with E-state index in [0.717, 1.165) is 12.2 Å². The van der Waals surface area contributed by atoms with Gasteiger partial charge in [-0.2, -0.15) is 0 Å². The lowest BCUT2D eigenvalue weighted by Gasteiger charge is -2.30. The van der Waals surface area contributed by atoms with Crippen LogP contribution < -0.4 is 10.1 Å². The van der Waals surface area contributed by atoms with E-state index in [1.165, 1.54) is 6.42 Å². The van der Waals surface area contributed by atoms with Crippen molar-refractivity contribution in [3.05, 3.63) is 30.3 Å². The van der Waals surface area contributed by atoms with Crippen LogP contribution in [-0.4, -0.2) is 19.2 Å². The second-order valence-corrected chi connectivity index (χ2v) is 5.26. The molecule has 0 heterocycles. The molecule has 2 unspecified atom stereocenters. The Bertz CT molecular complexity index is 334. The number of para-hydroxylation sites is 1. The molecule has 2 nitrogen and oxygen atoms in total. The number of ether oxygens (including phenoxy) is 1. The molecule has 2 atom stereocenters. The normalized spacial score (nSPS) is 27.9. The molecule has 1 aliphatic rings. The van der Waals surface area contributed by atoms with Crippen LogP contribution in [0, 0.1) is 5.41 Å². The Balaban J connectivity index is 2.06. The molecule has 0 aromatic heterocycles. The van der Waals surface area contributed by atoms with Crippen LogP contribution in [0.4, 0.5) is 0 Å². The van der Waals surface area contributed by atoms with Crippen LogP contribution in [-0.2, 0) is 0 Å². The molecule has 0 aliphatic heterocycles. The fourth-order valence-corrected chi connectivity index (χ4v) is 2.72. The highest BCUT2D eigenvalue weighted by atomic mass is 16.5. The fourth-order valence-electron chi connectivity index (χ4n) is 2.72. The third-order valence-corrected chi connectivity index (χ3v) is 3.63. The molecule has 0 radical (unpaired) electrons. The molecule has 16 heavy (non-hydrogen) atoms. The minimum absolute atomic E-state index is 0.294. The van der Waals surface area contributed by atoms with Gasteiger partial charge in [-0.15, -0.1) is 0 Å². The van der Waals surface area contributed by atoms with Crippen LogP contribution in [0.15, 0.2) is 30.3 Å². The summed E-state index contributed by atoms with van der Waals surface area (Å²) in [5.74, 6) is 0.977. The van der Waals surface area contributed by atoms with Crippen LogP contribution in [0.1, 0.15) is 26.7 Å². The van der Waals surface area contributed by atoms with Crippen LogP contribution in [0.25, 0.3) is 0 Å². The van der Waals surface area contributed by atoms with E-state index >= 15 is 0 Å². The van der Waals surface area contributed by atoms with E-state index in [4.69, 9.17) is 4.74 Å². The summed E-state index contributed by atoms with van der Waals surface area (Å²) in [5, 5.41) is 3.40. The smallest absolute Gasteiger partial charge is 0.119 e. The number of likely N-dealkylation sites (N-methyl/N-ethyl adjacent to an activating group) is 1. The van der Waals surface area contributed by atoms with Gasteiger partial charge in [-0.05, 0) is 37.4 Å². The average Bonchev–Trinajstić information content (AvgIpc) is 2.55. The predicted molar refractivity (Wildman–Crippen MR) is 66.7 cm³/mol. The molecule has 2 rings (SSSR count). The Kier molecular flexibility index (Phi) is 3.20. The van der Waals surface area contributed by atoms with E-state index in [2.05, 4.69) is 19.2 Å². The zero-order chi connectivity index (χ0) is 11.6. The average molecular weight is 219 g/mol. The van der Waals surface area contributed by atoms with Crippen molar-refractivity contribution in [1.82, 2.24) is 5.32 Å². The zero-order valence-electron chi connectivity index (χ0n) is 10.4. The SMILES string of the molecule is CNC1C(Oc2ccccc2)CCC1(C)C. The van der Waals surface area contributed by atoms with Crippen LogP contribution in [0.5, 0.6) is 5.75 Å². The van der Waals surface area contributed by atoms with Crippen molar-refractivity contribution in [2.75, 3.05) is 7.05 Å². The summed E-state index contributed by atoms with van der Waals surface area (Å²) in [6.45, 7) is 4.62. The Morgan fingerprint density at radius 1 is 1.25 bits per heavy atom. The predicted octanol–water partition coefficient (Wildman–Crippen LogP) is 2.84. The van der Waals surface area contributed by atoms with Gasteiger partial charge < -0.3 is 10.1 Å². The first-order chi connectivity index (χ1) is 7.63. The third kappa shape index (κ3) is 2.22. The van der Waals surface area contributed by atoms with Gasteiger partial charge in [0.1, 0.15) is 11.9 Å². The van der Waals surface area contributed by atoms with E-state index in [-0.39, 0.29) is 0 Å². The fraction of sp³-hybridized carbons (Fsp3) is 0.571. The Labute approximate surface area is 98.0 Å². The maximum atomic E-state index is 6.05. The minimum Gasteiger partial charge on any atom is -0.489 e. The summed E-state index contributed by atoms with van der Waals surface area (Å²) >= 11 is 0. The van der Waals surface area contributed by atoms with Crippen molar-refractivity contribution in [2.45, 2.75) is 38.8 Å². The summed E-state index contributed by atoms with van der Waals surface area (Å²) < 4.78 is 6.05. The molecule has 1 fully saturated rings. The number of benzene rings is 1. The van der Waals surface area contributed by atoms with Crippen molar-refractivity contribution >= 4 is 0 Å². The Hall–Kier alpha value is -1.02. The van der Waals surface area contributed by atoms with Crippen molar-refractivity contribution in [1.29, 1.82) is 0 Å². The van der Waals surface area contributed by atoms with Gasteiger partial charge in [0.2, 0.25) is 0 Å². The summed E-state index contributed by atoms with van der Waals surface area (Å²) in [5.41, 5.74) is 0.328. The van der Waals surface area contributed by atoms with Gasteiger partial charge in [0.05, 0.1) is 0 Å². The molecule has 88 valence electrons. The number of rotatable bonds is 3. The molecule has 0 spiro atoms. The Morgan fingerprint density at radius 2 is 1.94 bits per heavy atom. The van der Waals surface area contributed by atoms with Gasteiger partial charge in [-0.25, -0.2) is 0 Å². The third-order valence-electron chi connectivity index (χ3n) is 3.63. The van der Waals surface area contributed by atoms with Crippen LogP contribution in [0.3, 0.4) is 0 Å². The first-order valence-corrected chi connectivity index (χ1v) is 6.02. The van der Waals surface area contributed by atoms with Gasteiger partial charge in [-0.3, -0.25) is 0 Å². The first kappa shape index (κ1) is 11.5. The van der Waals surface area contributed by atoms with Crippen molar-refractivity contribution in [3.8, 4) is 5.75 Å². The van der Waals surface area contributed by atoms with Gasteiger partial charge in [0, 0.05) is 6.04 Å². The highest BCUT2D eigenvalue weighted by molar-refractivity contribution is 5.22. The molecule has 2 heteroatoms. The van der Waals surface area contributed by atoms with Crippen LogP contribution >= 0.6 is 0 Å². The van der Waals surface area contributed by atoms with E-state index in [0.29, 0.717) is 17.6 Å². The van der Waals surface area contributed by atoms with Gasteiger partial charge in [0.15, 0.2) is 0 Å². The molecule has 0 saturated heterocycles. The van der Waals surface area contributed by atoms with Gasteiger partial charge in [0.25, 0.3) is 0 Å². The molecule has 1 saturated carbocycles. The molecule has 0 amide bonds. The quantitative estimate of drug-likeness (QED) is 0.844. The molecular formula is C14H21NO. The maximum absolute atomic E-state index is 6.05. The van der Waals surface area contributed by atoms with Crippen molar-refractivity contribution in [3.63, 3.8) is 0 Å². The van der Waals surface area contributed by atoms with Crippen molar-refractivity contribution < 1.29 is 4.74 Å². The summed E-state index contributed by atoms with van der Waals surface area (Å²) in [6, 6.07) is 10.5. The number of nitrogens with one attached hydrogen (secondary N) is 1. The van der Waals surface area contributed by atoms with E-state index < -0.39 is 0 Å². The minimum atomic E-state index is 0.294. The standard InChI is InChI=1S/C14H21NO/c1-14(2)10-9-12(13(14)15-3)16-11-7-5-4-6-8-11/h4-8,12-13,15H,9-10H2,1-3H3. The molecule has 1 N–H and O–H groups in total. The second kappa shape index (κ2) is 4.46. The molecular weight excluding hydrogens is 198 g/mol. The topological polar surface area (TPSA) is 21.3 Å². The van der Waals surface area contributed by atoms with E-state index in [9.17, 15) is 0 Å². The molecule has 0 bridgehead atoms. The monoisotopic (exact) mass is 219 g/mol. The molecule has 1 aromatic rings. The molecule has 1 aliphatic carbocycles.